The average Bonchev–Trinajstić information content (AvgIpc) is 2.62. The maximum atomic E-state index is 14.1. The smallest absolute Gasteiger partial charge is 0.244 e. The minimum Gasteiger partial charge on any atom is -0.370 e. The SMILES string of the molecule is O=S(=O)(N[C@@H](C[NH+]1CCOCC1)c1ccccc1)c1ccc(Cl)cc1F. The maximum Gasteiger partial charge on any atom is 0.244 e. The van der Waals surface area contributed by atoms with Crippen LogP contribution in [0.4, 0.5) is 4.39 Å². The van der Waals surface area contributed by atoms with E-state index in [0.717, 1.165) is 24.7 Å². The zero-order valence-corrected chi connectivity index (χ0v) is 15.7. The van der Waals surface area contributed by atoms with Gasteiger partial charge in [0.05, 0.1) is 25.8 Å². The van der Waals surface area contributed by atoms with Gasteiger partial charge in [0.1, 0.15) is 23.8 Å². The lowest BCUT2D eigenvalue weighted by atomic mass is 10.1. The van der Waals surface area contributed by atoms with Crippen molar-refractivity contribution >= 4 is 21.6 Å². The second-order valence-corrected chi connectivity index (χ2v) is 8.34. The highest BCUT2D eigenvalue weighted by atomic mass is 35.5. The van der Waals surface area contributed by atoms with Gasteiger partial charge in [-0.05, 0) is 23.8 Å². The Labute approximate surface area is 157 Å². The van der Waals surface area contributed by atoms with Crippen LogP contribution in [0, 0.1) is 5.82 Å². The molecular weight excluding hydrogens is 379 g/mol. The molecule has 1 heterocycles. The standard InChI is InChI=1S/C18H20ClFN2O3S/c19-15-6-7-18(16(20)12-15)26(23,24)21-17(14-4-2-1-3-5-14)13-22-8-10-25-11-9-22/h1-7,12,17,21H,8-11,13H2/p+1/t17-/m0/s1. The van der Waals surface area contributed by atoms with E-state index in [9.17, 15) is 12.8 Å². The molecule has 3 rings (SSSR count). The van der Waals surface area contributed by atoms with Gasteiger partial charge < -0.3 is 9.64 Å². The summed E-state index contributed by atoms with van der Waals surface area (Å²) in [6.07, 6.45) is 0. The predicted molar refractivity (Wildman–Crippen MR) is 97.3 cm³/mol. The number of halogens is 2. The van der Waals surface area contributed by atoms with Gasteiger partial charge in [-0.15, -0.1) is 0 Å². The molecule has 0 aliphatic carbocycles. The third-order valence-corrected chi connectivity index (χ3v) is 6.12. The quantitative estimate of drug-likeness (QED) is 0.772. The van der Waals surface area contributed by atoms with E-state index >= 15 is 0 Å². The molecule has 5 nitrogen and oxygen atoms in total. The van der Waals surface area contributed by atoms with Crippen LogP contribution >= 0.6 is 11.6 Å². The zero-order valence-electron chi connectivity index (χ0n) is 14.1. The Morgan fingerprint density at radius 1 is 1.15 bits per heavy atom. The van der Waals surface area contributed by atoms with Gasteiger partial charge in [0.25, 0.3) is 0 Å². The monoisotopic (exact) mass is 399 g/mol. The summed E-state index contributed by atoms with van der Waals surface area (Å²) < 4.78 is 47.7. The van der Waals surface area contributed by atoms with Gasteiger partial charge in [0.2, 0.25) is 10.0 Å². The number of morpholine rings is 1. The number of nitrogens with one attached hydrogen (secondary N) is 2. The van der Waals surface area contributed by atoms with Gasteiger partial charge in [-0.1, -0.05) is 41.9 Å². The molecule has 0 saturated carbocycles. The van der Waals surface area contributed by atoms with Crippen molar-refractivity contribution in [3.05, 3.63) is 64.9 Å². The summed E-state index contributed by atoms with van der Waals surface area (Å²) in [7, 11) is -4.03. The lowest BCUT2D eigenvalue weighted by molar-refractivity contribution is -0.909. The highest BCUT2D eigenvalue weighted by Gasteiger charge is 2.28. The van der Waals surface area contributed by atoms with Crippen LogP contribution in [-0.4, -0.2) is 41.3 Å². The van der Waals surface area contributed by atoms with E-state index in [2.05, 4.69) is 4.72 Å². The normalized spacial score (nSPS) is 17.2. The summed E-state index contributed by atoms with van der Waals surface area (Å²) in [4.78, 5) is 0.837. The fourth-order valence-electron chi connectivity index (χ4n) is 3.01. The van der Waals surface area contributed by atoms with Gasteiger partial charge >= 0.3 is 0 Å². The van der Waals surface area contributed by atoms with Crippen molar-refractivity contribution < 1.29 is 22.4 Å². The molecule has 1 saturated heterocycles. The predicted octanol–water partition coefficient (Wildman–Crippen LogP) is 1.41. The van der Waals surface area contributed by atoms with Crippen LogP contribution in [-0.2, 0) is 14.8 Å². The van der Waals surface area contributed by atoms with Gasteiger partial charge in [-0.3, -0.25) is 0 Å². The molecule has 1 atom stereocenters. The molecule has 140 valence electrons. The van der Waals surface area contributed by atoms with Crippen LogP contribution in [0.5, 0.6) is 0 Å². The average molecular weight is 400 g/mol. The van der Waals surface area contributed by atoms with Crippen LogP contribution < -0.4 is 9.62 Å². The fourth-order valence-corrected chi connectivity index (χ4v) is 4.45. The second-order valence-electron chi connectivity index (χ2n) is 6.23. The van der Waals surface area contributed by atoms with Crippen molar-refractivity contribution in [3.63, 3.8) is 0 Å². The van der Waals surface area contributed by atoms with Crippen LogP contribution in [0.15, 0.2) is 53.4 Å². The van der Waals surface area contributed by atoms with E-state index in [0.29, 0.717) is 19.8 Å². The van der Waals surface area contributed by atoms with Crippen LogP contribution in [0.25, 0.3) is 0 Å². The number of rotatable bonds is 6. The number of sulfonamides is 1. The van der Waals surface area contributed by atoms with Gasteiger partial charge in [-0.2, -0.15) is 4.72 Å². The van der Waals surface area contributed by atoms with E-state index in [1.165, 1.54) is 17.0 Å². The molecule has 0 amide bonds. The number of hydrogen-bond donors (Lipinski definition) is 2. The number of benzene rings is 2. The van der Waals surface area contributed by atoms with Gasteiger partial charge in [-0.25, -0.2) is 12.8 Å². The third-order valence-electron chi connectivity index (χ3n) is 4.38. The molecular formula is C18H21ClFN2O3S+. The largest absolute Gasteiger partial charge is 0.370 e. The number of ether oxygens (including phenoxy) is 1. The van der Waals surface area contributed by atoms with Crippen molar-refractivity contribution in [2.75, 3.05) is 32.8 Å². The molecule has 0 aromatic heterocycles. The van der Waals surface area contributed by atoms with Crippen LogP contribution in [0.2, 0.25) is 5.02 Å². The lowest BCUT2D eigenvalue weighted by Crippen LogP contribution is -3.14. The van der Waals surface area contributed by atoms with Gasteiger partial charge in [0, 0.05) is 5.02 Å². The van der Waals surface area contributed by atoms with Crippen LogP contribution in [0.1, 0.15) is 11.6 Å². The van der Waals surface area contributed by atoms with E-state index in [1.54, 1.807) is 0 Å². The van der Waals surface area contributed by atoms with Crippen LogP contribution in [0.3, 0.4) is 0 Å². The maximum absolute atomic E-state index is 14.1. The Morgan fingerprint density at radius 3 is 2.50 bits per heavy atom. The molecule has 0 bridgehead atoms. The molecule has 1 aliphatic heterocycles. The van der Waals surface area contributed by atoms with Crippen molar-refractivity contribution in [2.45, 2.75) is 10.9 Å². The molecule has 0 radical (unpaired) electrons. The van der Waals surface area contributed by atoms with E-state index in [-0.39, 0.29) is 5.02 Å². The van der Waals surface area contributed by atoms with E-state index < -0.39 is 26.8 Å². The molecule has 1 fully saturated rings. The number of quaternary nitrogens is 1. The Morgan fingerprint density at radius 2 is 1.85 bits per heavy atom. The molecule has 2 aromatic rings. The summed E-state index contributed by atoms with van der Waals surface area (Å²) in [5.41, 5.74) is 0.837. The first-order valence-electron chi connectivity index (χ1n) is 8.39. The van der Waals surface area contributed by atoms with Crippen molar-refractivity contribution in [3.8, 4) is 0 Å². The van der Waals surface area contributed by atoms with Crippen molar-refractivity contribution in [2.24, 2.45) is 0 Å². The Hall–Kier alpha value is -1.51. The first-order chi connectivity index (χ1) is 12.5. The van der Waals surface area contributed by atoms with E-state index in [4.69, 9.17) is 16.3 Å². The molecule has 2 N–H and O–H groups in total. The molecule has 0 spiro atoms. The minimum absolute atomic E-state index is 0.152. The Kier molecular flexibility index (Phi) is 6.26. The van der Waals surface area contributed by atoms with E-state index in [1.807, 2.05) is 30.3 Å². The Balaban J connectivity index is 1.86. The summed E-state index contributed by atoms with van der Waals surface area (Å²) in [5.74, 6) is -0.865. The fraction of sp³-hybridized carbons (Fsp3) is 0.333. The summed E-state index contributed by atoms with van der Waals surface area (Å²) in [5, 5.41) is 0.152. The summed E-state index contributed by atoms with van der Waals surface area (Å²) in [6.45, 7) is 3.47. The first-order valence-corrected chi connectivity index (χ1v) is 10.3. The zero-order chi connectivity index (χ0) is 18.6. The molecule has 0 unspecified atom stereocenters. The molecule has 8 heteroatoms. The molecule has 26 heavy (non-hydrogen) atoms. The van der Waals surface area contributed by atoms with Crippen molar-refractivity contribution in [1.82, 2.24) is 4.72 Å². The molecule has 1 aliphatic rings. The summed E-state index contributed by atoms with van der Waals surface area (Å²) >= 11 is 5.73. The topological polar surface area (TPSA) is 59.8 Å². The van der Waals surface area contributed by atoms with Gasteiger partial charge in [0.15, 0.2) is 0 Å². The summed E-state index contributed by atoms with van der Waals surface area (Å²) in [6, 6.07) is 12.4. The van der Waals surface area contributed by atoms with Crippen molar-refractivity contribution in [1.29, 1.82) is 0 Å². The minimum atomic E-state index is -4.03. The highest BCUT2D eigenvalue weighted by Crippen LogP contribution is 2.21. The first kappa shape index (κ1) is 19.3. The highest BCUT2D eigenvalue weighted by molar-refractivity contribution is 7.89. The Bertz CT molecular complexity index is 843. The number of hydrogen-bond acceptors (Lipinski definition) is 3. The lowest BCUT2D eigenvalue weighted by Gasteiger charge is -2.28. The molecule has 2 aromatic carbocycles. The third kappa shape index (κ3) is 4.81. The second kappa shape index (κ2) is 8.45.